The Hall–Kier alpha value is -0.800. The smallest absolute Gasteiger partial charge is 0.176 e. The van der Waals surface area contributed by atoms with Gasteiger partial charge >= 0.3 is 0 Å². The Morgan fingerprint density at radius 1 is 1.32 bits per heavy atom. The number of Topliss-reactive ketones (excluding diaryl/α,β-unsaturated/α-hetero) is 1. The summed E-state index contributed by atoms with van der Waals surface area (Å²) in [5.41, 5.74) is 2.13. The molecule has 1 heterocycles. The summed E-state index contributed by atoms with van der Waals surface area (Å²) in [5, 5.41) is 0. The van der Waals surface area contributed by atoms with Gasteiger partial charge in [-0.1, -0.05) is 31.2 Å². The van der Waals surface area contributed by atoms with E-state index in [1.165, 1.54) is 5.56 Å². The Morgan fingerprint density at radius 2 is 2.00 bits per heavy atom. The summed E-state index contributed by atoms with van der Waals surface area (Å²) in [4.78, 5) is 14.6. The molecule has 104 valence electrons. The van der Waals surface area contributed by atoms with Crippen molar-refractivity contribution in [1.29, 1.82) is 0 Å². The van der Waals surface area contributed by atoms with Crippen molar-refractivity contribution in [1.82, 2.24) is 4.90 Å². The number of benzene rings is 1. The molecule has 2 rings (SSSR count). The molecule has 1 saturated heterocycles. The molecular formula is C16H23NOS. The largest absolute Gasteiger partial charge is 0.294 e. The predicted octanol–water partition coefficient (Wildman–Crippen LogP) is 3.26. The van der Waals surface area contributed by atoms with Crippen molar-refractivity contribution >= 4 is 17.5 Å². The van der Waals surface area contributed by atoms with Gasteiger partial charge in [-0.25, -0.2) is 0 Å². The van der Waals surface area contributed by atoms with E-state index in [1.54, 1.807) is 0 Å². The Balaban J connectivity index is 1.96. The highest BCUT2D eigenvalue weighted by molar-refractivity contribution is 8.00. The van der Waals surface area contributed by atoms with E-state index < -0.39 is 0 Å². The maximum Gasteiger partial charge on any atom is 0.176 e. The first kappa shape index (κ1) is 14.6. The van der Waals surface area contributed by atoms with Gasteiger partial charge < -0.3 is 0 Å². The van der Waals surface area contributed by atoms with Crippen LogP contribution >= 0.6 is 11.8 Å². The van der Waals surface area contributed by atoms with Gasteiger partial charge in [-0.05, 0) is 25.8 Å². The quantitative estimate of drug-likeness (QED) is 0.788. The number of thioether (sulfide) groups is 1. The van der Waals surface area contributed by atoms with Crippen molar-refractivity contribution in [3.63, 3.8) is 0 Å². The number of rotatable bonds is 4. The van der Waals surface area contributed by atoms with E-state index in [2.05, 4.69) is 37.8 Å². The van der Waals surface area contributed by atoms with Crippen LogP contribution in [0.1, 0.15) is 36.7 Å². The summed E-state index contributed by atoms with van der Waals surface area (Å²) in [6.07, 6.45) is 1.02. The van der Waals surface area contributed by atoms with Crippen molar-refractivity contribution in [3.05, 3.63) is 35.4 Å². The van der Waals surface area contributed by atoms with Gasteiger partial charge in [0, 0.05) is 29.2 Å². The molecule has 1 aliphatic heterocycles. The van der Waals surface area contributed by atoms with Crippen molar-refractivity contribution in [2.75, 3.05) is 25.4 Å². The van der Waals surface area contributed by atoms with Crippen LogP contribution in [0.25, 0.3) is 0 Å². The van der Waals surface area contributed by atoms with Crippen LogP contribution in [0, 0.1) is 0 Å². The molecule has 0 radical (unpaired) electrons. The molecule has 0 aliphatic carbocycles. The first-order valence-corrected chi connectivity index (χ1v) is 7.97. The van der Waals surface area contributed by atoms with Crippen LogP contribution in [0.2, 0.25) is 0 Å². The van der Waals surface area contributed by atoms with E-state index in [0.29, 0.717) is 6.54 Å². The fourth-order valence-electron chi connectivity index (χ4n) is 2.47. The second-order valence-corrected chi connectivity index (χ2v) is 7.59. The van der Waals surface area contributed by atoms with E-state index >= 15 is 0 Å². The number of carbonyl (C=O) groups is 1. The summed E-state index contributed by atoms with van der Waals surface area (Å²) in [5.74, 6) is 1.36. The van der Waals surface area contributed by atoms with Gasteiger partial charge in [-0.15, -0.1) is 0 Å². The van der Waals surface area contributed by atoms with Gasteiger partial charge in [0.1, 0.15) is 0 Å². The van der Waals surface area contributed by atoms with Crippen LogP contribution in [0.5, 0.6) is 0 Å². The molecule has 0 N–H and O–H groups in total. The second-order valence-electron chi connectivity index (χ2n) is 5.79. The second kappa shape index (κ2) is 6.10. The molecule has 0 saturated carbocycles. The minimum atomic E-state index is 0.241. The molecule has 1 fully saturated rings. The highest BCUT2D eigenvalue weighted by Gasteiger charge is 2.27. The average molecular weight is 277 g/mol. The molecular weight excluding hydrogens is 254 g/mol. The van der Waals surface area contributed by atoms with Crippen molar-refractivity contribution in [2.45, 2.75) is 31.9 Å². The van der Waals surface area contributed by atoms with Crippen molar-refractivity contribution in [3.8, 4) is 0 Å². The molecule has 0 atom stereocenters. The number of hydrogen-bond acceptors (Lipinski definition) is 3. The maximum atomic E-state index is 12.3. The van der Waals surface area contributed by atoms with Gasteiger partial charge in [0.15, 0.2) is 5.78 Å². The lowest BCUT2D eigenvalue weighted by atomic mass is 10.1. The Kier molecular flexibility index (Phi) is 4.69. The normalized spacial score (nSPS) is 19.3. The zero-order valence-electron chi connectivity index (χ0n) is 12.1. The zero-order chi connectivity index (χ0) is 13.9. The fraction of sp³-hybridized carbons (Fsp3) is 0.562. The lowest BCUT2D eigenvalue weighted by molar-refractivity contribution is 0.0927. The zero-order valence-corrected chi connectivity index (χ0v) is 12.9. The third kappa shape index (κ3) is 4.08. The van der Waals surface area contributed by atoms with Gasteiger partial charge in [0.05, 0.1) is 6.54 Å². The Bertz CT molecular complexity index is 439. The first-order valence-electron chi connectivity index (χ1n) is 6.98. The van der Waals surface area contributed by atoms with Crippen LogP contribution in [-0.2, 0) is 6.42 Å². The summed E-state index contributed by atoms with van der Waals surface area (Å²) >= 11 is 2.00. The lowest BCUT2D eigenvalue weighted by Crippen LogP contribution is -2.45. The first-order chi connectivity index (χ1) is 9.00. The Morgan fingerprint density at radius 3 is 2.58 bits per heavy atom. The lowest BCUT2D eigenvalue weighted by Gasteiger charge is -2.37. The third-order valence-electron chi connectivity index (χ3n) is 3.56. The van der Waals surface area contributed by atoms with Gasteiger partial charge in [0.25, 0.3) is 0 Å². The van der Waals surface area contributed by atoms with E-state index in [0.717, 1.165) is 30.8 Å². The van der Waals surface area contributed by atoms with Gasteiger partial charge in [-0.2, -0.15) is 11.8 Å². The molecule has 2 nitrogen and oxygen atoms in total. The number of carbonyl (C=O) groups excluding carboxylic acids is 1. The molecule has 3 heteroatoms. The summed E-state index contributed by atoms with van der Waals surface area (Å²) in [6, 6.07) is 8.04. The van der Waals surface area contributed by atoms with Crippen molar-refractivity contribution < 1.29 is 4.79 Å². The van der Waals surface area contributed by atoms with Crippen LogP contribution < -0.4 is 0 Å². The molecule has 0 unspecified atom stereocenters. The molecule has 1 aliphatic rings. The minimum absolute atomic E-state index is 0.241. The average Bonchev–Trinajstić information content (AvgIpc) is 2.37. The van der Waals surface area contributed by atoms with Gasteiger partial charge in [0.2, 0.25) is 0 Å². The molecule has 0 spiro atoms. The summed E-state index contributed by atoms with van der Waals surface area (Å²) in [7, 11) is 0. The number of nitrogens with zero attached hydrogens (tertiary/aromatic N) is 1. The monoisotopic (exact) mass is 277 g/mol. The minimum Gasteiger partial charge on any atom is -0.294 e. The predicted molar refractivity (Wildman–Crippen MR) is 83.1 cm³/mol. The highest BCUT2D eigenvalue weighted by atomic mass is 32.2. The fourth-order valence-corrected chi connectivity index (χ4v) is 3.65. The van der Waals surface area contributed by atoms with E-state index in [-0.39, 0.29) is 10.5 Å². The Labute approximate surface area is 120 Å². The van der Waals surface area contributed by atoms with E-state index in [4.69, 9.17) is 0 Å². The standard InChI is InChI=1S/C16H23NOS/c1-4-13-5-7-14(8-6-13)15(18)11-17-9-10-19-16(2,3)12-17/h5-8H,4,9-12H2,1-3H3. The number of aryl methyl sites for hydroxylation is 1. The van der Waals surface area contributed by atoms with Crippen LogP contribution in [0.15, 0.2) is 24.3 Å². The number of hydrogen-bond donors (Lipinski definition) is 0. The highest BCUT2D eigenvalue weighted by Crippen LogP contribution is 2.29. The molecule has 19 heavy (non-hydrogen) atoms. The van der Waals surface area contributed by atoms with Crippen LogP contribution in [0.4, 0.5) is 0 Å². The molecule has 0 bridgehead atoms. The molecule has 0 amide bonds. The van der Waals surface area contributed by atoms with Gasteiger partial charge in [-0.3, -0.25) is 9.69 Å². The number of ketones is 1. The summed E-state index contributed by atoms with van der Waals surface area (Å²) in [6.45, 7) is 9.21. The topological polar surface area (TPSA) is 20.3 Å². The summed E-state index contributed by atoms with van der Waals surface area (Å²) < 4.78 is 0.268. The molecule has 1 aromatic rings. The molecule has 1 aromatic carbocycles. The van der Waals surface area contributed by atoms with Crippen LogP contribution in [-0.4, -0.2) is 40.8 Å². The third-order valence-corrected chi connectivity index (χ3v) is 4.85. The SMILES string of the molecule is CCc1ccc(C(=O)CN2CCSC(C)(C)C2)cc1. The maximum absolute atomic E-state index is 12.3. The molecule has 0 aromatic heterocycles. The van der Waals surface area contributed by atoms with Crippen molar-refractivity contribution in [2.24, 2.45) is 0 Å². The van der Waals surface area contributed by atoms with E-state index in [1.807, 2.05) is 23.9 Å². The van der Waals surface area contributed by atoms with E-state index in [9.17, 15) is 4.79 Å². The van der Waals surface area contributed by atoms with Crippen LogP contribution in [0.3, 0.4) is 0 Å².